The highest BCUT2D eigenvalue weighted by molar-refractivity contribution is 7.71. The van der Waals surface area contributed by atoms with E-state index in [1.165, 1.54) is 15.9 Å². The van der Waals surface area contributed by atoms with Gasteiger partial charge in [-0.05, 0) is 41.4 Å². The minimum atomic E-state index is -0.104. The molecule has 0 aliphatic carbocycles. The van der Waals surface area contributed by atoms with E-state index in [-0.39, 0.29) is 5.56 Å². The summed E-state index contributed by atoms with van der Waals surface area (Å²) in [5.74, 6) is 0. The zero-order valence-corrected chi connectivity index (χ0v) is 11.9. The Kier molecular flexibility index (Phi) is 3.22. The van der Waals surface area contributed by atoms with Crippen LogP contribution in [0.2, 0.25) is 0 Å². The van der Waals surface area contributed by atoms with Crippen molar-refractivity contribution in [2.75, 3.05) is 0 Å². The number of aromatic amines is 1. The van der Waals surface area contributed by atoms with Gasteiger partial charge < -0.3 is 4.98 Å². The van der Waals surface area contributed by atoms with Crippen molar-refractivity contribution in [1.29, 1.82) is 5.26 Å². The lowest BCUT2D eigenvalue weighted by Gasteiger charge is -2.06. The summed E-state index contributed by atoms with van der Waals surface area (Å²) in [4.78, 5) is 16.2. The molecule has 0 saturated carbocycles. The van der Waals surface area contributed by atoms with Crippen LogP contribution >= 0.6 is 23.6 Å². The van der Waals surface area contributed by atoms with Crippen LogP contribution in [0, 0.1) is 16.1 Å². The number of hydrogen-bond acceptors (Lipinski definition) is 4. The number of nitrogens with one attached hydrogen (secondary N) is 1. The minimum Gasteiger partial charge on any atom is -0.323 e. The Labute approximate surface area is 123 Å². The molecule has 0 aliphatic rings. The summed E-state index contributed by atoms with van der Waals surface area (Å²) in [5.41, 5.74) is 1.34. The van der Waals surface area contributed by atoms with Gasteiger partial charge in [-0.2, -0.15) is 5.26 Å². The SMILES string of the molecule is N#Cc1cccc(Cn2c(=S)[nH]c3sccc3c2=O)c1. The second kappa shape index (κ2) is 5.04. The van der Waals surface area contributed by atoms with Crippen LogP contribution in [0.15, 0.2) is 40.5 Å². The maximum atomic E-state index is 12.4. The molecule has 3 aromatic rings. The maximum Gasteiger partial charge on any atom is 0.263 e. The van der Waals surface area contributed by atoms with Gasteiger partial charge in [0, 0.05) is 0 Å². The third-order valence-electron chi connectivity index (χ3n) is 3.00. The van der Waals surface area contributed by atoms with E-state index >= 15 is 0 Å². The molecule has 2 aromatic heterocycles. The van der Waals surface area contributed by atoms with Crippen molar-refractivity contribution in [3.8, 4) is 6.07 Å². The molecule has 0 spiro atoms. The molecule has 20 heavy (non-hydrogen) atoms. The number of nitrogens with zero attached hydrogens (tertiary/aromatic N) is 2. The Morgan fingerprint density at radius 3 is 3.05 bits per heavy atom. The third-order valence-corrected chi connectivity index (χ3v) is 4.16. The predicted molar refractivity (Wildman–Crippen MR) is 81.5 cm³/mol. The molecule has 0 unspecified atom stereocenters. The van der Waals surface area contributed by atoms with E-state index in [0.717, 1.165) is 10.4 Å². The van der Waals surface area contributed by atoms with E-state index in [0.29, 0.717) is 22.3 Å². The minimum absolute atomic E-state index is 0.104. The molecule has 4 nitrogen and oxygen atoms in total. The van der Waals surface area contributed by atoms with Gasteiger partial charge in [-0.15, -0.1) is 11.3 Å². The van der Waals surface area contributed by atoms with Gasteiger partial charge >= 0.3 is 0 Å². The molecule has 0 saturated heterocycles. The summed E-state index contributed by atoms with van der Waals surface area (Å²) < 4.78 is 1.91. The number of nitriles is 1. The number of H-pyrrole nitrogens is 1. The van der Waals surface area contributed by atoms with Gasteiger partial charge in [0.2, 0.25) is 0 Å². The van der Waals surface area contributed by atoms with Gasteiger partial charge in [0.05, 0.1) is 23.6 Å². The molecule has 0 atom stereocenters. The Bertz CT molecular complexity index is 943. The predicted octanol–water partition coefficient (Wildman–Crippen LogP) is 3.04. The number of hydrogen-bond donors (Lipinski definition) is 1. The van der Waals surface area contributed by atoms with E-state index in [1.54, 1.807) is 24.3 Å². The van der Waals surface area contributed by atoms with Crippen molar-refractivity contribution in [2.45, 2.75) is 6.54 Å². The highest BCUT2D eigenvalue weighted by Crippen LogP contribution is 2.14. The Morgan fingerprint density at radius 1 is 1.40 bits per heavy atom. The molecule has 2 heterocycles. The first-order valence-electron chi connectivity index (χ1n) is 5.88. The van der Waals surface area contributed by atoms with E-state index in [1.807, 2.05) is 11.4 Å². The first-order valence-corrected chi connectivity index (χ1v) is 7.17. The molecular formula is C14H9N3OS2. The summed E-state index contributed by atoms with van der Waals surface area (Å²) >= 11 is 6.70. The monoisotopic (exact) mass is 299 g/mol. The van der Waals surface area contributed by atoms with E-state index < -0.39 is 0 Å². The van der Waals surface area contributed by atoms with Crippen molar-refractivity contribution in [2.24, 2.45) is 0 Å². The standard InChI is InChI=1S/C14H9N3OS2/c15-7-9-2-1-3-10(6-9)8-17-13(18)11-4-5-20-12(11)16-14(17)19/h1-6H,8H2,(H,16,19). The van der Waals surface area contributed by atoms with Gasteiger partial charge in [0.15, 0.2) is 4.77 Å². The Balaban J connectivity index is 2.13. The average Bonchev–Trinajstić information content (AvgIpc) is 2.92. The maximum absolute atomic E-state index is 12.4. The number of aromatic nitrogens is 2. The summed E-state index contributed by atoms with van der Waals surface area (Å²) in [5, 5.41) is 11.4. The molecule has 6 heteroatoms. The van der Waals surface area contributed by atoms with Crippen LogP contribution in [-0.2, 0) is 6.54 Å². The van der Waals surface area contributed by atoms with Crippen LogP contribution in [0.3, 0.4) is 0 Å². The van der Waals surface area contributed by atoms with Crippen molar-refractivity contribution in [3.63, 3.8) is 0 Å². The molecule has 0 radical (unpaired) electrons. The Morgan fingerprint density at radius 2 is 2.25 bits per heavy atom. The van der Waals surface area contributed by atoms with E-state index in [4.69, 9.17) is 17.5 Å². The smallest absolute Gasteiger partial charge is 0.263 e. The fourth-order valence-corrected chi connectivity index (χ4v) is 3.13. The summed E-state index contributed by atoms with van der Waals surface area (Å²) in [6.45, 7) is 0.357. The summed E-state index contributed by atoms with van der Waals surface area (Å²) in [7, 11) is 0. The number of fused-ring (bicyclic) bond motifs is 1. The quantitative estimate of drug-likeness (QED) is 0.740. The van der Waals surface area contributed by atoms with Crippen molar-refractivity contribution in [1.82, 2.24) is 9.55 Å². The van der Waals surface area contributed by atoms with Gasteiger partial charge in [-0.25, -0.2) is 0 Å². The highest BCUT2D eigenvalue weighted by atomic mass is 32.1. The number of thiophene rings is 1. The van der Waals surface area contributed by atoms with Crippen LogP contribution in [0.1, 0.15) is 11.1 Å². The fourth-order valence-electron chi connectivity index (χ4n) is 2.04. The molecule has 0 fully saturated rings. The molecule has 1 aromatic carbocycles. The van der Waals surface area contributed by atoms with Crippen LogP contribution in [0.5, 0.6) is 0 Å². The largest absolute Gasteiger partial charge is 0.323 e. The van der Waals surface area contributed by atoms with Crippen molar-refractivity contribution in [3.05, 3.63) is 62.0 Å². The molecule has 3 rings (SSSR count). The van der Waals surface area contributed by atoms with Crippen LogP contribution in [0.25, 0.3) is 10.2 Å². The molecule has 0 amide bonds. The molecular weight excluding hydrogens is 290 g/mol. The van der Waals surface area contributed by atoms with Crippen LogP contribution in [0.4, 0.5) is 0 Å². The van der Waals surface area contributed by atoms with Gasteiger partial charge in [-0.3, -0.25) is 9.36 Å². The van der Waals surface area contributed by atoms with Crippen molar-refractivity contribution >= 4 is 33.8 Å². The second-order valence-corrected chi connectivity index (χ2v) is 5.60. The van der Waals surface area contributed by atoms with E-state index in [2.05, 4.69) is 11.1 Å². The normalized spacial score (nSPS) is 10.6. The lowest BCUT2D eigenvalue weighted by atomic mass is 10.1. The molecule has 0 aliphatic heterocycles. The first-order chi connectivity index (χ1) is 9.69. The van der Waals surface area contributed by atoms with Crippen LogP contribution < -0.4 is 5.56 Å². The second-order valence-electron chi connectivity index (χ2n) is 4.30. The molecule has 98 valence electrons. The number of benzene rings is 1. The average molecular weight is 299 g/mol. The van der Waals surface area contributed by atoms with Gasteiger partial charge in [0.1, 0.15) is 4.83 Å². The molecule has 1 N–H and O–H groups in total. The lowest BCUT2D eigenvalue weighted by Crippen LogP contribution is -2.22. The zero-order valence-electron chi connectivity index (χ0n) is 10.3. The topological polar surface area (TPSA) is 61.6 Å². The zero-order chi connectivity index (χ0) is 14.1. The highest BCUT2D eigenvalue weighted by Gasteiger charge is 2.07. The number of rotatable bonds is 2. The van der Waals surface area contributed by atoms with Crippen LogP contribution in [-0.4, -0.2) is 9.55 Å². The fraction of sp³-hybridized carbons (Fsp3) is 0.0714. The summed E-state index contributed by atoms with van der Waals surface area (Å²) in [6.07, 6.45) is 0. The summed E-state index contributed by atoms with van der Waals surface area (Å²) in [6, 6.07) is 11.0. The van der Waals surface area contributed by atoms with E-state index in [9.17, 15) is 4.79 Å². The Hall–Kier alpha value is -2.23. The van der Waals surface area contributed by atoms with Gasteiger partial charge in [-0.1, -0.05) is 12.1 Å². The third kappa shape index (κ3) is 2.18. The van der Waals surface area contributed by atoms with Gasteiger partial charge in [0.25, 0.3) is 5.56 Å². The first kappa shape index (κ1) is 12.8. The molecule has 0 bridgehead atoms. The van der Waals surface area contributed by atoms with Crippen molar-refractivity contribution < 1.29 is 0 Å². The lowest BCUT2D eigenvalue weighted by molar-refractivity contribution is 0.735.